The number of piperidine rings is 1. The van der Waals surface area contributed by atoms with E-state index in [0.717, 1.165) is 19.4 Å². The van der Waals surface area contributed by atoms with Gasteiger partial charge in [0.25, 0.3) is 0 Å². The quantitative estimate of drug-likeness (QED) is 0.874. The minimum atomic E-state index is -0.326. The van der Waals surface area contributed by atoms with Gasteiger partial charge in [0.1, 0.15) is 17.7 Å². The first kappa shape index (κ1) is 15.8. The summed E-state index contributed by atoms with van der Waals surface area (Å²) in [6.07, 6.45) is 1.54. The summed E-state index contributed by atoms with van der Waals surface area (Å²) in [5, 5.41) is 6.25. The van der Waals surface area contributed by atoms with Crippen LogP contribution in [0.5, 0.6) is 5.75 Å². The molecule has 5 heteroatoms. The van der Waals surface area contributed by atoms with Crippen LogP contribution in [0.15, 0.2) is 24.3 Å². The maximum Gasteiger partial charge on any atom is 0.223 e. The fraction of sp³-hybridized carbons (Fsp3) is 0.562. The molecule has 0 radical (unpaired) electrons. The second-order valence-corrected chi connectivity index (χ2v) is 5.71. The third-order valence-corrected chi connectivity index (χ3v) is 3.69. The molecule has 1 aliphatic rings. The van der Waals surface area contributed by atoms with Gasteiger partial charge >= 0.3 is 0 Å². The normalized spacial score (nSPS) is 23.4. The summed E-state index contributed by atoms with van der Waals surface area (Å²) >= 11 is 0. The number of benzene rings is 1. The molecule has 1 aromatic carbocycles. The Kier molecular flexibility index (Phi) is 5.56. The van der Waals surface area contributed by atoms with E-state index in [1.165, 1.54) is 12.1 Å². The topological polar surface area (TPSA) is 50.4 Å². The van der Waals surface area contributed by atoms with Crippen LogP contribution in [0.2, 0.25) is 0 Å². The number of carbonyl (C=O) groups excluding carboxylic acids is 1. The van der Waals surface area contributed by atoms with Crippen molar-refractivity contribution < 1.29 is 13.9 Å². The fourth-order valence-corrected chi connectivity index (χ4v) is 2.57. The molecule has 0 bridgehead atoms. The highest BCUT2D eigenvalue weighted by molar-refractivity contribution is 5.78. The molecule has 0 aliphatic carbocycles. The van der Waals surface area contributed by atoms with Crippen LogP contribution < -0.4 is 15.4 Å². The molecule has 0 spiro atoms. The largest absolute Gasteiger partial charge is 0.489 e. The predicted molar refractivity (Wildman–Crippen MR) is 79.7 cm³/mol. The summed E-state index contributed by atoms with van der Waals surface area (Å²) in [5.41, 5.74) is 0. The summed E-state index contributed by atoms with van der Waals surface area (Å²) in [5.74, 6) is 0.306. The maximum absolute atomic E-state index is 13.1. The lowest BCUT2D eigenvalue weighted by Crippen LogP contribution is -2.44. The molecule has 0 aromatic heterocycles. The van der Waals surface area contributed by atoms with Crippen LogP contribution in [0.25, 0.3) is 0 Å². The number of ether oxygens (including phenoxy) is 1. The lowest BCUT2D eigenvalue weighted by Gasteiger charge is -2.27. The molecule has 1 heterocycles. The Morgan fingerprint density at radius 3 is 3.10 bits per heavy atom. The molecular formula is C16H23FN2O2. The fourth-order valence-electron chi connectivity index (χ4n) is 2.57. The first-order chi connectivity index (χ1) is 10.0. The van der Waals surface area contributed by atoms with Gasteiger partial charge in [-0.15, -0.1) is 0 Å². The van der Waals surface area contributed by atoms with Crippen molar-refractivity contribution >= 4 is 5.91 Å². The molecule has 0 saturated carbocycles. The van der Waals surface area contributed by atoms with E-state index in [0.29, 0.717) is 18.3 Å². The van der Waals surface area contributed by atoms with Gasteiger partial charge in [-0.2, -0.15) is 0 Å². The van der Waals surface area contributed by atoms with Gasteiger partial charge in [0.15, 0.2) is 0 Å². The van der Waals surface area contributed by atoms with E-state index in [-0.39, 0.29) is 23.7 Å². The van der Waals surface area contributed by atoms with Gasteiger partial charge < -0.3 is 15.4 Å². The molecule has 2 rings (SSSR count). The minimum absolute atomic E-state index is 0.0719. The zero-order valence-corrected chi connectivity index (χ0v) is 12.6. The SMILES string of the molecule is CC(CNC(=O)[C@H]1CCN[C@@H](C)C1)Oc1cccc(F)c1. The highest BCUT2D eigenvalue weighted by Gasteiger charge is 2.24. The lowest BCUT2D eigenvalue weighted by atomic mass is 9.92. The van der Waals surface area contributed by atoms with E-state index < -0.39 is 0 Å². The Balaban J connectivity index is 1.75. The van der Waals surface area contributed by atoms with Crippen molar-refractivity contribution in [3.05, 3.63) is 30.1 Å². The number of halogens is 1. The van der Waals surface area contributed by atoms with E-state index in [2.05, 4.69) is 17.6 Å². The highest BCUT2D eigenvalue weighted by atomic mass is 19.1. The smallest absolute Gasteiger partial charge is 0.223 e. The predicted octanol–water partition coefficient (Wildman–Crippen LogP) is 2.10. The number of amides is 1. The zero-order chi connectivity index (χ0) is 15.2. The second-order valence-electron chi connectivity index (χ2n) is 5.71. The lowest BCUT2D eigenvalue weighted by molar-refractivity contribution is -0.126. The van der Waals surface area contributed by atoms with Gasteiger partial charge in [-0.1, -0.05) is 6.07 Å². The monoisotopic (exact) mass is 294 g/mol. The molecule has 3 atom stereocenters. The number of hydrogen-bond acceptors (Lipinski definition) is 3. The van der Waals surface area contributed by atoms with Crippen molar-refractivity contribution in [1.82, 2.24) is 10.6 Å². The Labute approximate surface area is 125 Å². The van der Waals surface area contributed by atoms with Crippen molar-refractivity contribution in [3.8, 4) is 5.75 Å². The summed E-state index contributed by atoms with van der Waals surface area (Å²) in [7, 11) is 0. The van der Waals surface area contributed by atoms with E-state index in [1.54, 1.807) is 12.1 Å². The number of hydrogen-bond donors (Lipinski definition) is 2. The average molecular weight is 294 g/mol. The van der Waals surface area contributed by atoms with Crippen LogP contribution in [0.4, 0.5) is 4.39 Å². The first-order valence-electron chi connectivity index (χ1n) is 7.48. The number of rotatable bonds is 5. The van der Waals surface area contributed by atoms with Crippen molar-refractivity contribution in [2.24, 2.45) is 5.92 Å². The van der Waals surface area contributed by atoms with Crippen molar-refractivity contribution in [3.63, 3.8) is 0 Å². The summed E-state index contributed by atoms with van der Waals surface area (Å²) in [6.45, 7) is 5.26. The van der Waals surface area contributed by atoms with Crippen molar-refractivity contribution in [2.45, 2.75) is 38.8 Å². The average Bonchev–Trinajstić information content (AvgIpc) is 2.45. The van der Waals surface area contributed by atoms with E-state index >= 15 is 0 Å². The molecule has 4 nitrogen and oxygen atoms in total. The third-order valence-electron chi connectivity index (χ3n) is 3.69. The van der Waals surface area contributed by atoms with Crippen LogP contribution in [0.3, 0.4) is 0 Å². The Hall–Kier alpha value is -1.62. The number of carbonyl (C=O) groups is 1. The van der Waals surface area contributed by atoms with Gasteiger partial charge in [0.2, 0.25) is 5.91 Å². The summed E-state index contributed by atoms with van der Waals surface area (Å²) < 4.78 is 18.6. The number of nitrogens with one attached hydrogen (secondary N) is 2. The van der Waals surface area contributed by atoms with Gasteiger partial charge in [-0.05, 0) is 45.4 Å². The Morgan fingerprint density at radius 1 is 1.57 bits per heavy atom. The molecule has 21 heavy (non-hydrogen) atoms. The zero-order valence-electron chi connectivity index (χ0n) is 12.6. The minimum Gasteiger partial charge on any atom is -0.489 e. The molecule has 1 unspecified atom stereocenters. The van der Waals surface area contributed by atoms with Gasteiger partial charge in [-0.25, -0.2) is 4.39 Å². The van der Waals surface area contributed by atoms with E-state index in [4.69, 9.17) is 4.74 Å². The molecule has 2 N–H and O–H groups in total. The van der Waals surface area contributed by atoms with Crippen molar-refractivity contribution in [1.29, 1.82) is 0 Å². The Bertz CT molecular complexity index is 481. The van der Waals surface area contributed by atoms with Crippen LogP contribution in [0, 0.1) is 11.7 Å². The first-order valence-corrected chi connectivity index (χ1v) is 7.48. The maximum atomic E-state index is 13.1. The highest BCUT2D eigenvalue weighted by Crippen LogP contribution is 2.16. The van der Waals surface area contributed by atoms with Gasteiger partial charge in [0.05, 0.1) is 6.54 Å². The van der Waals surface area contributed by atoms with E-state index in [9.17, 15) is 9.18 Å². The van der Waals surface area contributed by atoms with Crippen LogP contribution in [0.1, 0.15) is 26.7 Å². The molecule has 1 aromatic rings. The van der Waals surface area contributed by atoms with E-state index in [1.807, 2.05) is 6.92 Å². The molecule has 1 fully saturated rings. The van der Waals surface area contributed by atoms with Crippen molar-refractivity contribution in [2.75, 3.05) is 13.1 Å². The van der Waals surface area contributed by atoms with Gasteiger partial charge in [-0.3, -0.25) is 4.79 Å². The second kappa shape index (κ2) is 7.41. The molecule has 1 aliphatic heterocycles. The van der Waals surface area contributed by atoms with Crippen LogP contribution in [-0.2, 0) is 4.79 Å². The summed E-state index contributed by atoms with van der Waals surface area (Å²) in [4.78, 5) is 12.1. The van der Waals surface area contributed by atoms with Crippen LogP contribution in [-0.4, -0.2) is 31.1 Å². The third kappa shape index (κ3) is 5.01. The molecular weight excluding hydrogens is 271 g/mol. The standard InChI is InChI=1S/C16H23FN2O2/c1-11-8-13(6-7-18-11)16(20)19-10-12(2)21-15-5-3-4-14(17)9-15/h3-5,9,11-13,18H,6-8,10H2,1-2H3,(H,19,20)/t11-,12?,13-/m0/s1. The molecule has 1 saturated heterocycles. The van der Waals surface area contributed by atoms with Gasteiger partial charge in [0, 0.05) is 18.0 Å². The molecule has 1 amide bonds. The van der Waals surface area contributed by atoms with Crippen LogP contribution >= 0.6 is 0 Å². The molecule has 116 valence electrons. The Morgan fingerprint density at radius 2 is 2.38 bits per heavy atom. The summed E-state index contributed by atoms with van der Waals surface area (Å²) in [6, 6.07) is 6.41.